The first-order valence-corrected chi connectivity index (χ1v) is 19.5. The third-order valence-corrected chi connectivity index (χ3v) is 12.3. The molecule has 0 aromatic heterocycles. The Labute approximate surface area is 320 Å². The second-order valence-electron chi connectivity index (χ2n) is 13.4. The second kappa shape index (κ2) is 16.7. The van der Waals surface area contributed by atoms with Gasteiger partial charge in [-0.2, -0.15) is 17.6 Å². The maximum absolute atomic E-state index is 13.2. The number of rotatable bonds is 10. The second-order valence-corrected chi connectivity index (χ2v) is 16.9. The minimum atomic E-state index is -6.24. The van der Waals surface area contributed by atoms with E-state index in [4.69, 9.17) is 18.9 Å². The Morgan fingerprint density at radius 2 is 1.09 bits per heavy atom. The van der Waals surface area contributed by atoms with E-state index in [1.807, 2.05) is 30.3 Å². The van der Waals surface area contributed by atoms with Crippen LogP contribution < -0.4 is 0 Å². The molecule has 1 aromatic carbocycles. The van der Waals surface area contributed by atoms with Gasteiger partial charge in [0.05, 0.1) is 11.8 Å². The lowest BCUT2D eigenvalue weighted by Gasteiger charge is -2.26. The molecule has 1 aromatic rings. The highest BCUT2D eigenvalue weighted by Crippen LogP contribution is 2.56. The first-order chi connectivity index (χ1) is 25.4. The van der Waals surface area contributed by atoms with Crippen molar-refractivity contribution in [2.45, 2.75) is 85.3 Å². The predicted octanol–water partition coefficient (Wildman–Crippen LogP) is 2.82. The number of ether oxygens (including phenoxy) is 6. The van der Waals surface area contributed by atoms with Crippen molar-refractivity contribution in [1.82, 2.24) is 0 Å². The highest BCUT2D eigenvalue weighted by molar-refractivity contribution is 7.87. The number of hydrogen-bond acceptors (Lipinski definition) is 16. The Morgan fingerprint density at radius 3 is 1.39 bits per heavy atom. The summed E-state index contributed by atoms with van der Waals surface area (Å²) in [5, 5.41) is -10.5. The van der Waals surface area contributed by atoms with Gasteiger partial charge < -0.3 is 37.5 Å². The van der Waals surface area contributed by atoms with Gasteiger partial charge in [-0.25, -0.2) is 35.2 Å². The van der Waals surface area contributed by atoms with Gasteiger partial charge in [-0.05, 0) is 50.4 Å². The number of benzene rings is 1. The molecule has 2 saturated heterocycles. The van der Waals surface area contributed by atoms with E-state index in [1.54, 1.807) is 0 Å². The molecule has 16 nitrogen and oxygen atoms in total. The largest absolute Gasteiger partial charge is 0.743 e. The Balaban J connectivity index is 0.000000209. The summed E-state index contributed by atoms with van der Waals surface area (Å²) in [5.74, 6) is -1.66. The third-order valence-electron chi connectivity index (χ3n) is 10.2. The topological polar surface area (TPSA) is 238 Å². The number of halogens is 6. The molecule has 4 aliphatic carbocycles. The van der Waals surface area contributed by atoms with Crippen LogP contribution in [0, 0.1) is 35.5 Å². The fourth-order valence-electron chi connectivity index (χ4n) is 7.65. The fourth-order valence-corrected chi connectivity index (χ4v) is 8.60. The number of fused-ring (bicyclic) bond motifs is 2. The van der Waals surface area contributed by atoms with Crippen LogP contribution in [0.2, 0.25) is 0 Å². The van der Waals surface area contributed by atoms with E-state index in [0.29, 0.717) is 25.7 Å². The van der Waals surface area contributed by atoms with Crippen LogP contribution in [0.1, 0.15) is 33.1 Å². The normalized spacial score (nSPS) is 31.7. The van der Waals surface area contributed by atoms with Crippen molar-refractivity contribution in [3.05, 3.63) is 30.3 Å². The molecule has 12 atom stereocenters. The summed E-state index contributed by atoms with van der Waals surface area (Å²) in [5.41, 5.74) is 0. The smallest absolute Gasteiger partial charge is 0.508 e. The lowest BCUT2D eigenvalue weighted by atomic mass is 9.88. The van der Waals surface area contributed by atoms with E-state index in [2.05, 4.69) is 22.1 Å². The third kappa shape index (κ3) is 9.10. The maximum atomic E-state index is 13.2. The predicted molar refractivity (Wildman–Crippen MR) is 172 cm³/mol. The molecule has 0 N–H and O–H groups in total. The van der Waals surface area contributed by atoms with Gasteiger partial charge in [-0.1, -0.05) is 25.6 Å². The zero-order valence-electron chi connectivity index (χ0n) is 27.7. The molecule has 0 spiro atoms. The number of carbonyl (C=O) groups excluding carboxylic acids is 4. The number of hydrogen-bond donors (Lipinski definition) is 0. The summed E-state index contributed by atoms with van der Waals surface area (Å²) in [6.45, 7) is -3.33. The van der Waals surface area contributed by atoms with Crippen molar-refractivity contribution >= 4 is 57.1 Å². The minimum absolute atomic E-state index is 0. The molecule has 0 amide bonds. The van der Waals surface area contributed by atoms with Crippen molar-refractivity contribution in [1.29, 1.82) is 0 Å². The fraction of sp³-hybridized carbons (Fsp3) is 0.677. The number of carbonyl (C=O) groups is 4. The van der Waals surface area contributed by atoms with Crippen molar-refractivity contribution in [3.8, 4) is 0 Å². The molecule has 12 unspecified atom stereocenters. The molecule has 316 valence electrons. The van der Waals surface area contributed by atoms with Crippen LogP contribution in [0.4, 0.5) is 35.9 Å². The van der Waals surface area contributed by atoms with Gasteiger partial charge in [-0.15, -0.1) is 0 Å². The molecular weight excluding hydrogens is 839 g/mol. The van der Waals surface area contributed by atoms with Gasteiger partial charge in [0.25, 0.3) is 0 Å². The summed E-state index contributed by atoms with van der Waals surface area (Å²) in [6.07, 6.45) is -10.8. The van der Waals surface area contributed by atoms with Crippen LogP contribution in [0.3, 0.4) is 0 Å². The average molecular weight is 874 g/mol. The molecular formula is C31H35F6O16S3-. The Hall–Kier alpha value is -3.55. The first kappa shape index (κ1) is 45.2. The van der Waals surface area contributed by atoms with E-state index in [1.165, 1.54) is 0 Å². The summed E-state index contributed by atoms with van der Waals surface area (Å²) in [7, 11) is -12.5. The van der Waals surface area contributed by atoms with E-state index in [0.717, 1.165) is 4.90 Å². The van der Waals surface area contributed by atoms with Crippen LogP contribution in [0.25, 0.3) is 0 Å². The SMILES string of the molecule is C.O=C(OCC(F)C(F)(F)S(=O)(=O)[O-])OC1C2CC3C(=O)OC1C3C2.O=C(OCC(F)C(F)(F)S(=O)(=O)[O-])OC1C2CC3C(=O)OC1C3C2.[SH2+]c1ccccc1. The highest BCUT2D eigenvalue weighted by atomic mass is 32.2. The molecule has 4 bridgehead atoms. The monoisotopic (exact) mass is 873 g/mol. The van der Waals surface area contributed by atoms with Gasteiger partial charge in [0.2, 0.25) is 12.3 Å². The quantitative estimate of drug-likeness (QED) is 0.108. The van der Waals surface area contributed by atoms with Crippen LogP contribution >= 0.6 is 0 Å². The minimum Gasteiger partial charge on any atom is -0.743 e. The molecule has 25 heteroatoms. The van der Waals surface area contributed by atoms with Crippen molar-refractivity contribution < 1.29 is 99.9 Å². The Kier molecular flexibility index (Phi) is 13.5. The Morgan fingerprint density at radius 1 is 0.732 bits per heavy atom. The molecule has 7 rings (SSSR count). The molecule has 2 aliphatic heterocycles. The maximum Gasteiger partial charge on any atom is 0.508 e. The summed E-state index contributed by atoms with van der Waals surface area (Å²) in [4.78, 5) is 47.2. The van der Waals surface area contributed by atoms with Crippen LogP contribution in [0.5, 0.6) is 0 Å². The van der Waals surface area contributed by atoms with E-state index in [-0.39, 0.29) is 54.9 Å². The van der Waals surface area contributed by atoms with E-state index < -0.39 is 93.0 Å². The molecule has 6 fully saturated rings. The molecule has 2 heterocycles. The lowest BCUT2D eigenvalue weighted by molar-refractivity contribution is -0.147. The molecule has 56 heavy (non-hydrogen) atoms. The van der Waals surface area contributed by atoms with E-state index in [9.17, 15) is 71.5 Å². The Bertz CT molecular complexity index is 1740. The summed E-state index contributed by atoms with van der Waals surface area (Å²) in [6, 6.07) is 9.96. The zero-order chi connectivity index (χ0) is 40.8. The number of alkyl halides is 6. The number of esters is 2. The van der Waals surface area contributed by atoms with E-state index >= 15 is 0 Å². The van der Waals surface area contributed by atoms with Crippen molar-refractivity contribution in [2.24, 2.45) is 35.5 Å². The van der Waals surface area contributed by atoms with Crippen molar-refractivity contribution in [2.75, 3.05) is 13.2 Å². The standard InChI is InChI=1S/2C12H13F3O8S.C6H6S.CH4/c2*13-7(12(14,15)24(18,19)20)3-21-11(17)23-8-4-1-5-6(2-4)10(16)22-9(5)8;7-6-4-2-1-3-5-6;/h2*4-9H,1-3H2,(H,18,19,20);1-5,7H;1H4/p-1. The van der Waals surface area contributed by atoms with Crippen molar-refractivity contribution in [3.63, 3.8) is 0 Å². The van der Waals surface area contributed by atoms with Gasteiger partial charge >= 0.3 is 34.8 Å². The molecule has 0 radical (unpaired) electrons. The molecule has 4 saturated carbocycles. The van der Waals surface area contributed by atoms with Gasteiger partial charge in [-0.3, -0.25) is 9.59 Å². The average Bonchev–Trinajstić information content (AvgIpc) is 3.92. The highest BCUT2D eigenvalue weighted by Gasteiger charge is 2.64. The van der Waals surface area contributed by atoms with Gasteiger partial charge in [0.1, 0.15) is 42.5 Å². The summed E-state index contributed by atoms with van der Waals surface area (Å²) < 4.78 is 168. The van der Waals surface area contributed by atoms with Crippen LogP contribution in [-0.4, -0.2) is 111 Å². The van der Waals surface area contributed by atoms with Crippen LogP contribution in [0.15, 0.2) is 35.2 Å². The lowest BCUT2D eigenvalue weighted by Crippen LogP contribution is -2.42. The van der Waals surface area contributed by atoms with Crippen LogP contribution in [-0.2, 0) is 70.9 Å². The first-order valence-electron chi connectivity index (χ1n) is 16.2. The molecule has 6 aliphatic rings. The van der Waals surface area contributed by atoms with Gasteiger partial charge in [0, 0.05) is 23.7 Å². The van der Waals surface area contributed by atoms with Gasteiger partial charge in [0.15, 0.2) is 20.2 Å². The zero-order valence-corrected chi connectivity index (χ0v) is 30.3. The summed E-state index contributed by atoms with van der Waals surface area (Å²) >= 11 is 3.36.